The molecule has 0 unspecified atom stereocenters. The molecule has 3 N–H and O–H groups in total. The number of hydrogen-bond acceptors (Lipinski definition) is 3. The van der Waals surface area contributed by atoms with E-state index < -0.39 is 0 Å². The maximum Gasteiger partial charge on any atom is 0.188 e. The van der Waals surface area contributed by atoms with Gasteiger partial charge in [0.15, 0.2) is 5.96 Å². The Kier molecular flexibility index (Phi) is 8.94. The Hall–Kier alpha value is -0.810. The summed E-state index contributed by atoms with van der Waals surface area (Å²) in [6.45, 7) is 3.81. The van der Waals surface area contributed by atoms with Crippen LogP contribution in [0.25, 0.3) is 0 Å². The van der Waals surface area contributed by atoms with Crippen molar-refractivity contribution in [3.8, 4) is 0 Å². The van der Waals surface area contributed by atoms with E-state index in [2.05, 4.69) is 48.3 Å². The zero-order chi connectivity index (χ0) is 12.4. The van der Waals surface area contributed by atoms with Gasteiger partial charge in [-0.05, 0) is 54.1 Å². The second kappa shape index (κ2) is 9.42. The molecule has 96 valence electrons. The summed E-state index contributed by atoms with van der Waals surface area (Å²) in [5.74, 6) is 0.567. The first-order chi connectivity index (χ1) is 7.52. The molecule has 0 atom stereocenters. The molecule has 0 heterocycles. The number of nitrogens with two attached hydrogens (primary N) is 1. The van der Waals surface area contributed by atoms with Crippen LogP contribution >= 0.6 is 0 Å². The minimum absolute atomic E-state index is 0.567. The Balaban J connectivity index is 3.41. The van der Waals surface area contributed by atoms with Crippen LogP contribution in [0.15, 0.2) is 4.99 Å². The highest BCUT2D eigenvalue weighted by Crippen LogP contribution is 1.84. The molecule has 0 aliphatic rings. The Morgan fingerprint density at radius 1 is 1.06 bits per heavy atom. The molecule has 0 aliphatic heterocycles. The van der Waals surface area contributed by atoms with Crippen LogP contribution in [0.3, 0.4) is 0 Å². The highest BCUT2D eigenvalue weighted by atomic mass is 15.1. The van der Waals surface area contributed by atoms with Crippen molar-refractivity contribution in [2.24, 2.45) is 10.7 Å². The first-order valence-electron chi connectivity index (χ1n) is 5.85. The van der Waals surface area contributed by atoms with Crippen molar-refractivity contribution in [2.45, 2.75) is 12.8 Å². The highest BCUT2D eigenvalue weighted by Gasteiger charge is 1.93. The molecule has 0 aromatic heterocycles. The lowest BCUT2D eigenvalue weighted by Crippen LogP contribution is -2.33. The Morgan fingerprint density at radius 2 is 1.62 bits per heavy atom. The van der Waals surface area contributed by atoms with E-state index >= 15 is 0 Å². The first-order valence-corrected chi connectivity index (χ1v) is 5.85. The number of rotatable bonds is 8. The van der Waals surface area contributed by atoms with Gasteiger partial charge in [-0.2, -0.15) is 0 Å². The molecule has 0 radical (unpaired) electrons. The van der Waals surface area contributed by atoms with E-state index in [4.69, 9.17) is 5.73 Å². The van der Waals surface area contributed by atoms with Crippen LogP contribution in [-0.2, 0) is 0 Å². The smallest absolute Gasteiger partial charge is 0.188 e. The van der Waals surface area contributed by atoms with Gasteiger partial charge in [-0.25, -0.2) is 0 Å². The monoisotopic (exact) mass is 229 g/mol. The average Bonchev–Trinajstić information content (AvgIpc) is 2.19. The van der Waals surface area contributed by atoms with Gasteiger partial charge in [0.1, 0.15) is 0 Å². The van der Waals surface area contributed by atoms with Crippen LogP contribution in [-0.4, -0.2) is 70.1 Å². The summed E-state index contributed by atoms with van der Waals surface area (Å²) >= 11 is 0. The van der Waals surface area contributed by atoms with Gasteiger partial charge in [0, 0.05) is 13.1 Å². The third-order valence-corrected chi connectivity index (χ3v) is 2.13. The number of guanidine groups is 1. The van der Waals surface area contributed by atoms with E-state index in [9.17, 15) is 0 Å². The quantitative estimate of drug-likeness (QED) is 0.344. The van der Waals surface area contributed by atoms with Crippen LogP contribution in [0.5, 0.6) is 0 Å². The van der Waals surface area contributed by atoms with Crippen molar-refractivity contribution in [2.75, 3.05) is 54.4 Å². The van der Waals surface area contributed by atoms with Crippen LogP contribution in [0.4, 0.5) is 0 Å². The van der Waals surface area contributed by atoms with Crippen LogP contribution in [0.2, 0.25) is 0 Å². The fourth-order valence-electron chi connectivity index (χ4n) is 1.25. The first kappa shape index (κ1) is 15.2. The minimum atomic E-state index is 0.567. The summed E-state index contributed by atoms with van der Waals surface area (Å²) in [6.07, 6.45) is 2.13. The predicted octanol–water partition coefficient (Wildman–Crippen LogP) is -0.206. The molecule has 0 saturated heterocycles. The Morgan fingerprint density at radius 3 is 2.19 bits per heavy atom. The third-order valence-electron chi connectivity index (χ3n) is 2.13. The van der Waals surface area contributed by atoms with E-state index in [0.29, 0.717) is 5.96 Å². The van der Waals surface area contributed by atoms with Crippen LogP contribution < -0.4 is 11.1 Å². The minimum Gasteiger partial charge on any atom is -0.370 e. The summed E-state index contributed by atoms with van der Waals surface area (Å²) in [4.78, 5) is 8.56. The fourth-order valence-corrected chi connectivity index (χ4v) is 1.25. The zero-order valence-electron chi connectivity index (χ0n) is 11.2. The van der Waals surface area contributed by atoms with E-state index in [-0.39, 0.29) is 0 Å². The van der Waals surface area contributed by atoms with E-state index in [1.165, 1.54) is 0 Å². The van der Waals surface area contributed by atoms with Gasteiger partial charge in [-0.3, -0.25) is 4.99 Å². The van der Waals surface area contributed by atoms with Crippen molar-refractivity contribution < 1.29 is 0 Å². The second-order valence-corrected chi connectivity index (χ2v) is 4.51. The maximum absolute atomic E-state index is 5.72. The van der Waals surface area contributed by atoms with Gasteiger partial charge in [0.25, 0.3) is 0 Å². The number of hydrogen-bond donors (Lipinski definition) is 2. The van der Waals surface area contributed by atoms with E-state index in [1.807, 2.05) is 0 Å². The molecule has 0 aliphatic carbocycles. The highest BCUT2D eigenvalue weighted by molar-refractivity contribution is 5.77. The van der Waals surface area contributed by atoms with Gasteiger partial charge in [0.05, 0.1) is 0 Å². The summed E-state index contributed by atoms with van der Waals surface area (Å²) < 4.78 is 0. The Bertz CT molecular complexity index is 189. The molecule has 0 spiro atoms. The molecule has 5 nitrogen and oxygen atoms in total. The molecule has 16 heavy (non-hydrogen) atoms. The lowest BCUT2D eigenvalue weighted by atomic mass is 10.4. The standard InChI is InChI=1S/C11H27N5/c1-15(2)9-5-7-13-11(12)14-8-6-10-16(3)4/h5-10H2,1-4H3,(H3,12,13,14). The molecule has 0 rings (SSSR count). The molecule has 0 aromatic rings. The van der Waals surface area contributed by atoms with Gasteiger partial charge < -0.3 is 20.9 Å². The van der Waals surface area contributed by atoms with Crippen molar-refractivity contribution in [1.29, 1.82) is 0 Å². The summed E-state index contributed by atoms with van der Waals surface area (Å²) in [5.41, 5.74) is 5.72. The Labute approximate surface area is 99.7 Å². The maximum atomic E-state index is 5.72. The van der Waals surface area contributed by atoms with Crippen LogP contribution in [0.1, 0.15) is 12.8 Å². The van der Waals surface area contributed by atoms with Crippen molar-refractivity contribution in [3.63, 3.8) is 0 Å². The van der Waals surface area contributed by atoms with Gasteiger partial charge in [-0.15, -0.1) is 0 Å². The predicted molar refractivity (Wildman–Crippen MR) is 70.8 cm³/mol. The van der Waals surface area contributed by atoms with Crippen LogP contribution in [0, 0.1) is 0 Å². The normalized spacial score (nSPS) is 12.5. The summed E-state index contributed by atoms with van der Waals surface area (Å²) in [6, 6.07) is 0. The molecule has 0 saturated carbocycles. The molecule has 0 aromatic carbocycles. The molecule has 0 bridgehead atoms. The SMILES string of the molecule is CN(C)CCCN=C(N)NCCCN(C)C. The van der Waals surface area contributed by atoms with Gasteiger partial charge in [-0.1, -0.05) is 0 Å². The van der Waals surface area contributed by atoms with Crippen molar-refractivity contribution in [1.82, 2.24) is 15.1 Å². The molecule has 5 heteroatoms. The molecule has 0 amide bonds. The number of aliphatic imine (C=N–C) groups is 1. The van der Waals surface area contributed by atoms with Crippen molar-refractivity contribution in [3.05, 3.63) is 0 Å². The largest absolute Gasteiger partial charge is 0.370 e. The van der Waals surface area contributed by atoms with Crippen molar-refractivity contribution >= 4 is 5.96 Å². The summed E-state index contributed by atoms with van der Waals surface area (Å²) in [5, 5.41) is 3.11. The average molecular weight is 229 g/mol. The number of nitrogens with zero attached hydrogens (tertiary/aromatic N) is 3. The second-order valence-electron chi connectivity index (χ2n) is 4.51. The van der Waals surface area contributed by atoms with E-state index in [0.717, 1.165) is 39.0 Å². The lowest BCUT2D eigenvalue weighted by molar-refractivity contribution is 0.399. The van der Waals surface area contributed by atoms with Gasteiger partial charge in [0.2, 0.25) is 0 Å². The third kappa shape index (κ3) is 11.3. The molecular formula is C11H27N5. The van der Waals surface area contributed by atoms with Gasteiger partial charge >= 0.3 is 0 Å². The lowest BCUT2D eigenvalue weighted by Gasteiger charge is -2.10. The van der Waals surface area contributed by atoms with E-state index in [1.54, 1.807) is 0 Å². The number of nitrogens with one attached hydrogen (secondary N) is 1. The molecular weight excluding hydrogens is 202 g/mol. The fraction of sp³-hybridized carbons (Fsp3) is 0.909. The molecule has 0 fully saturated rings. The topological polar surface area (TPSA) is 56.9 Å². The summed E-state index contributed by atoms with van der Waals surface area (Å²) in [7, 11) is 8.26. The zero-order valence-corrected chi connectivity index (χ0v) is 11.2.